The van der Waals surface area contributed by atoms with E-state index in [0.29, 0.717) is 16.8 Å². The van der Waals surface area contributed by atoms with Crippen LogP contribution in [0.2, 0.25) is 0 Å². The summed E-state index contributed by atoms with van der Waals surface area (Å²) in [4.78, 5) is 12.5. The fraction of sp³-hybridized carbons (Fsp3) is 0.438. The second-order valence-corrected chi connectivity index (χ2v) is 8.39. The van der Waals surface area contributed by atoms with E-state index in [1.165, 1.54) is 7.05 Å². The lowest BCUT2D eigenvalue weighted by atomic mass is 10.0. The first-order valence-corrected chi connectivity index (χ1v) is 9.74. The lowest BCUT2D eigenvalue weighted by Crippen LogP contribution is -2.25. The molecule has 0 aliphatic heterocycles. The van der Waals surface area contributed by atoms with Gasteiger partial charge in [-0.25, -0.2) is 8.42 Å². The Morgan fingerprint density at radius 3 is 2.52 bits per heavy atom. The van der Waals surface area contributed by atoms with Crippen molar-refractivity contribution < 1.29 is 17.6 Å². The van der Waals surface area contributed by atoms with Crippen LogP contribution in [0.5, 0.6) is 0 Å². The van der Waals surface area contributed by atoms with Gasteiger partial charge in [-0.3, -0.25) is 9.10 Å². The summed E-state index contributed by atoms with van der Waals surface area (Å²) in [5.74, 6) is 0.471. The number of ketones is 1. The van der Waals surface area contributed by atoms with E-state index in [1.54, 1.807) is 25.1 Å². The summed E-state index contributed by atoms with van der Waals surface area (Å²) in [7, 11) is -2.04. The van der Waals surface area contributed by atoms with Gasteiger partial charge in [0.2, 0.25) is 21.8 Å². The number of sulfonamides is 1. The van der Waals surface area contributed by atoms with E-state index in [-0.39, 0.29) is 23.5 Å². The maximum absolute atomic E-state index is 12.5. The van der Waals surface area contributed by atoms with Crippen molar-refractivity contribution in [2.24, 2.45) is 11.7 Å². The summed E-state index contributed by atoms with van der Waals surface area (Å²) in [5.41, 5.74) is 7.01. The molecule has 1 fully saturated rings. The minimum atomic E-state index is -3.47. The van der Waals surface area contributed by atoms with Gasteiger partial charge >= 0.3 is 0 Å². The number of carbonyl (C=O) groups is 1. The highest BCUT2D eigenvalue weighted by Gasteiger charge is 2.31. The van der Waals surface area contributed by atoms with Gasteiger partial charge in [-0.1, -0.05) is 0 Å². The lowest BCUT2D eigenvalue weighted by molar-refractivity contribution is 0.0967. The Balaban J connectivity index is 2.09. The highest BCUT2D eigenvalue weighted by molar-refractivity contribution is 7.92. The van der Waals surface area contributed by atoms with Crippen LogP contribution in [0.15, 0.2) is 22.6 Å². The number of nitrogens with two attached hydrogens (primary N) is 1. The molecule has 0 unspecified atom stereocenters. The second-order valence-electron chi connectivity index (χ2n) is 6.37. The van der Waals surface area contributed by atoms with Crippen LogP contribution in [-0.4, -0.2) is 37.7 Å². The molecule has 1 aromatic carbocycles. The molecule has 0 saturated heterocycles. The zero-order valence-electron chi connectivity index (χ0n) is 14.3. The fourth-order valence-electron chi connectivity index (χ4n) is 2.37. The smallest absolute Gasteiger partial charge is 0.247 e. The molecule has 134 valence electrons. The van der Waals surface area contributed by atoms with Crippen molar-refractivity contribution in [1.82, 2.24) is 10.2 Å². The first-order chi connectivity index (χ1) is 11.7. The normalized spacial score (nSPS) is 15.8. The number of Topliss-reactive ketones (excluding diaryl/α,β-unsaturated/α-hetero) is 1. The third-order valence-corrected chi connectivity index (χ3v) is 5.29. The number of hydrogen-bond donors (Lipinski definition) is 1. The molecule has 2 aromatic rings. The molecule has 1 aromatic heterocycles. The SMILES string of the molecule is C[C@H](N)c1nnc(-c2cc(C(=O)C3CC3)cc(N(C)S(C)(=O)=O)c2)o1. The van der Waals surface area contributed by atoms with E-state index in [4.69, 9.17) is 10.2 Å². The van der Waals surface area contributed by atoms with E-state index in [2.05, 4.69) is 10.2 Å². The first kappa shape index (κ1) is 17.6. The largest absolute Gasteiger partial charge is 0.419 e. The Bertz CT molecular complexity index is 916. The van der Waals surface area contributed by atoms with Crippen LogP contribution in [-0.2, 0) is 10.0 Å². The van der Waals surface area contributed by atoms with Gasteiger partial charge in [-0.05, 0) is 38.0 Å². The van der Waals surface area contributed by atoms with Crippen molar-refractivity contribution in [2.45, 2.75) is 25.8 Å². The molecule has 0 radical (unpaired) electrons. The van der Waals surface area contributed by atoms with Crippen LogP contribution in [0.1, 0.15) is 42.1 Å². The van der Waals surface area contributed by atoms with Crippen LogP contribution in [0.25, 0.3) is 11.5 Å². The number of rotatable bonds is 6. The van der Waals surface area contributed by atoms with Crippen LogP contribution in [0.4, 0.5) is 5.69 Å². The highest BCUT2D eigenvalue weighted by Crippen LogP contribution is 2.35. The monoisotopic (exact) mass is 364 g/mol. The molecule has 9 heteroatoms. The van der Waals surface area contributed by atoms with E-state index < -0.39 is 16.1 Å². The van der Waals surface area contributed by atoms with Gasteiger partial charge in [0, 0.05) is 24.1 Å². The van der Waals surface area contributed by atoms with Crippen molar-refractivity contribution in [3.05, 3.63) is 29.7 Å². The number of aromatic nitrogens is 2. The summed E-state index contributed by atoms with van der Waals surface area (Å²) < 4.78 is 30.4. The molecule has 1 heterocycles. The summed E-state index contributed by atoms with van der Waals surface area (Å²) in [6.07, 6.45) is 2.81. The quantitative estimate of drug-likeness (QED) is 0.775. The molecule has 25 heavy (non-hydrogen) atoms. The third kappa shape index (κ3) is 3.72. The number of carbonyl (C=O) groups excluding carboxylic acids is 1. The van der Waals surface area contributed by atoms with E-state index >= 15 is 0 Å². The van der Waals surface area contributed by atoms with Gasteiger partial charge in [0.25, 0.3) is 0 Å². The zero-order chi connectivity index (χ0) is 18.4. The summed E-state index contributed by atoms with van der Waals surface area (Å²) >= 11 is 0. The maximum Gasteiger partial charge on any atom is 0.247 e. The predicted octanol–water partition coefficient (Wildman–Crippen LogP) is 1.74. The van der Waals surface area contributed by atoms with Crippen LogP contribution < -0.4 is 10.0 Å². The third-order valence-electron chi connectivity index (χ3n) is 4.09. The van der Waals surface area contributed by atoms with Gasteiger partial charge in [0.05, 0.1) is 18.0 Å². The summed E-state index contributed by atoms with van der Waals surface area (Å²) in [6.45, 7) is 1.72. The number of anilines is 1. The van der Waals surface area contributed by atoms with E-state index in [0.717, 1.165) is 23.4 Å². The molecule has 0 spiro atoms. The Morgan fingerprint density at radius 1 is 1.32 bits per heavy atom. The lowest BCUT2D eigenvalue weighted by Gasteiger charge is -2.18. The molecule has 1 saturated carbocycles. The average molecular weight is 364 g/mol. The molecular formula is C16H20N4O4S. The Labute approximate surface area is 146 Å². The molecule has 0 amide bonds. The van der Waals surface area contributed by atoms with Gasteiger partial charge in [0.15, 0.2) is 5.78 Å². The minimum Gasteiger partial charge on any atom is -0.419 e. The molecule has 0 bridgehead atoms. The molecule has 1 aliphatic rings. The minimum absolute atomic E-state index is 0.00284. The Morgan fingerprint density at radius 2 is 2.00 bits per heavy atom. The molecule has 8 nitrogen and oxygen atoms in total. The van der Waals surface area contributed by atoms with Crippen molar-refractivity contribution in [1.29, 1.82) is 0 Å². The fourth-order valence-corrected chi connectivity index (χ4v) is 2.86. The molecular weight excluding hydrogens is 344 g/mol. The number of benzene rings is 1. The van der Waals surface area contributed by atoms with Crippen molar-refractivity contribution in [3.63, 3.8) is 0 Å². The van der Waals surface area contributed by atoms with E-state index in [1.807, 2.05) is 0 Å². The topological polar surface area (TPSA) is 119 Å². The highest BCUT2D eigenvalue weighted by atomic mass is 32.2. The predicted molar refractivity (Wildman–Crippen MR) is 92.6 cm³/mol. The van der Waals surface area contributed by atoms with Crippen LogP contribution in [0.3, 0.4) is 0 Å². The second kappa shape index (κ2) is 6.23. The van der Waals surface area contributed by atoms with Crippen LogP contribution in [0, 0.1) is 5.92 Å². The molecule has 1 atom stereocenters. The van der Waals surface area contributed by atoms with Gasteiger partial charge in [0.1, 0.15) is 0 Å². The zero-order valence-corrected chi connectivity index (χ0v) is 15.1. The summed E-state index contributed by atoms with van der Waals surface area (Å²) in [5, 5.41) is 7.83. The van der Waals surface area contributed by atoms with Crippen molar-refractivity contribution >= 4 is 21.5 Å². The van der Waals surface area contributed by atoms with Crippen molar-refractivity contribution in [3.8, 4) is 11.5 Å². The van der Waals surface area contributed by atoms with Gasteiger partial charge < -0.3 is 10.2 Å². The number of hydrogen-bond acceptors (Lipinski definition) is 7. The average Bonchev–Trinajstić information content (AvgIpc) is 3.27. The molecule has 2 N–H and O–H groups in total. The summed E-state index contributed by atoms with van der Waals surface area (Å²) in [6, 6.07) is 4.41. The van der Waals surface area contributed by atoms with Crippen LogP contribution >= 0.6 is 0 Å². The van der Waals surface area contributed by atoms with Crippen molar-refractivity contribution in [2.75, 3.05) is 17.6 Å². The maximum atomic E-state index is 12.5. The molecule has 3 rings (SSSR count). The first-order valence-electron chi connectivity index (χ1n) is 7.89. The Kier molecular flexibility index (Phi) is 4.38. The van der Waals surface area contributed by atoms with E-state index in [9.17, 15) is 13.2 Å². The molecule has 1 aliphatic carbocycles. The number of nitrogens with zero attached hydrogens (tertiary/aromatic N) is 3. The van der Waals surface area contributed by atoms with Gasteiger partial charge in [-0.2, -0.15) is 0 Å². The standard InChI is InChI=1S/C16H20N4O4S/c1-9(17)15-18-19-16(24-15)12-6-11(14(21)10-4-5-10)7-13(8-12)20(2)25(3,22)23/h6-10H,4-5,17H2,1-3H3/t9-/m0/s1. The van der Waals surface area contributed by atoms with Gasteiger partial charge in [-0.15, -0.1) is 10.2 Å². The Hall–Kier alpha value is -2.26.